The summed E-state index contributed by atoms with van der Waals surface area (Å²) < 4.78 is 20.1. The summed E-state index contributed by atoms with van der Waals surface area (Å²) >= 11 is -0.941. The van der Waals surface area contributed by atoms with Crippen LogP contribution in [0.2, 0.25) is 0 Å². The van der Waals surface area contributed by atoms with Crippen LogP contribution in [-0.2, 0) is 19.6 Å². The summed E-state index contributed by atoms with van der Waals surface area (Å²) in [6.45, 7) is 2.96. The van der Waals surface area contributed by atoms with Crippen molar-refractivity contribution in [3.8, 4) is 5.75 Å². The first-order chi connectivity index (χ1) is 13.6. The number of ether oxygens (including phenoxy) is 1. The van der Waals surface area contributed by atoms with Gasteiger partial charge in [-0.2, -0.15) is 4.36 Å². The zero-order valence-electron chi connectivity index (χ0n) is 16.1. The quantitative estimate of drug-likeness (QED) is 0.749. The number of aryl methyl sites for hydroxylation is 1. The van der Waals surface area contributed by atoms with E-state index in [-0.39, 0.29) is 6.09 Å². The van der Waals surface area contributed by atoms with Gasteiger partial charge in [-0.25, -0.2) is 4.79 Å². The van der Waals surface area contributed by atoms with E-state index in [2.05, 4.69) is 15.4 Å². The Hall–Kier alpha value is -2.55. The van der Waals surface area contributed by atoms with Gasteiger partial charge < -0.3 is 9.64 Å². The van der Waals surface area contributed by atoms with Crippen molar-refractivity contribution in [2.45, 2.75) is 13.3 Å². The molecule has 0 saturated carbocycles. The number of para-hydroxylation sites is 1. The number of hydrogen-bond donors (Lipinski definition) is 0. The molecule has 8 heteroatoms. The number of amides is 1. The number of carbonyl (C=O) groups is 1. The van der Waals surface area contributed by atoms with Crippen LogP contribution in [0.5, 0.6) is 5.75 Å². The average Bonchev–Trinajstić information content (AvgIpc) is 2.73. The number of carbonyl (C=O) groups excluding carboxylic acids is 1. The van der Waals surface area contributed by atoms with Crippen LogP contribution in [0.4, 0.5) is 10.5 Å². The molecule has 2 heterocycles. The SMILES string of the molecule is COS(=Nc1ccc(C2=CCCN(C(=O)Oc3ccccc3)C2)nc1C)OC. The Morgan fingerprint density at radius 1 is 1.14 bits per heavy atom. The molecule has 3 rings (SSSR count). The molecule has 1 aliphatic heterocycles. The van der Waals surface area contributed by atoms with Crippen molar-refractivity contribution >= 4 is 28.6 Å². The summed E-state index contributed by atoms with van der Waals surface area (Å²) in [7, 11) is 3.09. The first kappa shape index (κ1) is 20.2. The minimum atomic E-state index is -0.941. The fourth-order valence-corrected chi connectivity index (χ4v) is 3.43. The first-order valence-corrected chi connectivity index (χ1v) is 9.88. The lowest BCUT2D eigenvalue weighted by atomic mass is 10.1. The van der Waals surface area contributed by atoms with Crippen molar-refractivity contribution in [3.63, 3.8) is 0 Å². The highest BCUT2D eigenvalue weighted by molar-refractivity contribution is 7.77. The van der Waals surface area contributed by atoms with Gasteiger partial charge in [0, 0.05) is 6.54 Å². The van der Waals surface area contributed by atoms with E-state index in [4.69, 9.17) is 13.1 Å². The fraction of sp³-hybridized carbons (Fsp3) is 0.300. The number of hydrogen-bond acceptors (Lipinski definition) is 6. The van der Waals surface area contributed by atoms with Crippen LogP contribution in [0.15, 0.2) is 52.9 Å². The van der Waals surface area contributed by atoms with Gasteiger partial charge in [0.1, 0.15) is 5.75 Å². The van der Waals surface area contributed by atoms with Crippen LogP contribution in [-0.4, -0.2) is 43.3 Å². The summed E-state index contributed by atoms with van der Waals surface area (Å²) in [6, 6.07) is 12.9. The number of aromatic nitrogens is 1. The van der Waals surface area contributed by atoms with Gasteiger partial charge in [-0.15, -0.1) is 0 Å². The maximum atomic E-state index is 12.5. The van der Waals surface area contributed by atoms with E-state index in [1.54, 1.807) is 31.3 Å². The van der Waals surface area contributed by atoms with Crippen LogP contribution >= 0.6 is 0 Å². The van der Waals surface area contributed by atoms with Gasteiger partial charge in [-0.05, 0) is 43.2 Å². The molecule has 28 heavy (non-hydrogen) atoms. The van der Waals surface area contributed by atoms with E-state index >= 15 is 0 Å². The molecule has 1 aromatic heterocycles. The summed E-state index contributed by atoms with van der Waals surface area (Å²) in [5.74, 6) is 0.537. The molecule has 0 saturated heterocycles. The molecule has 0 spiro atoms. The Morgan fingerprint density at radius 3 is 2.57 bits per heavy atom. The Kier molecular flexibility index (Phi) is 6.91. The summed E-state index contributed by atoms with van der Waals surface area (Å²) in [6.07, 6.45) is 2.51. The fourth-order valence-electron chi connectivity index (χ4n) is 2.79. The van der Waals surface area contributed by atoms with Crippen LogP contribution < -0.4 is 4.74 Å². The molecule has 0 atom stereocenters. The van der Waals surface area contributed by atoms with Gasteiger partial charge in [0.25, 0.3) is 0 Å². The summed E-state index contributed by atoms with van der Waals surface area (Å²) in [5, 5.41) is 0. The molecule has 2 aromatic rings. The zero-order chi connectivity index (χ0) is 19.9. The van der Waals surface area contributed by atoms with E-state index in [9.17, 15) is 4.79 Å². The highest BCUT2D eigenvalue weighted by Crippen LogP contribution is 2.25. The predicted octanol–water partition coefficient (Wildman–Crippen LogP) is 4.23. The molecule has 1 aliphatic rings. The van der Waals surface area contributed by atoms with Crippen molar-refractivity contribution in [2.24, 2.45) is 4.36 Å². The molecule has 1 amide bonds. The van der Waals surface area contributed by atoms with Gasteiger partial charge in [0.2, 0.25) is 0 Å². The van der Waals surface area contributed by atoms with Gasteiger partial charge in [0.15, 0.2) is 11.3 Å². The molecule has 0 fully saturated rings. The van der Waals surface area contributed by atoms with E-state index in [1.165, 1.54) is 0 Å². The molecule has 0 bridgehead atoms. The largest absolute Gasteiger partial charge is 0.415 e. The van der Waals surface area contributed by atoms with Crippen LogP contribution in [0.1, 0.15) is 17.8 Å². The standard InChI is InChI=1S/C20H23N3O4S/c1-15-18(22-28(25-2)26-3)11-12-19(21-15)16-8-7-13-23(14-16)20(24)27-17-9-5-4-6-10-17/h4-6,8-12H,7,13-14H2,1-3H3. The third-order valence-corrected chi connectivity index (χ3v) is 5.12. The zero-order valence-corrected chi connectivity index (χ0v) is 16.9. The van der Waals surface area contributed by atoms with Gasteiger partial charge in [0.05, 0.1) is 37.8 Å². The molecule has 0 aliphatic carbocycles. The lowest BCUT2D eigenvalue weighted by Crippen LogP contribution is -2.37. The summed E-state index contributed by atoms with van der Waals surface area (Å²) in [5.41, 5.74) is 3.30. The monoisotopic (exact) mass is 401 g/mol. The normalized spacial score (nSPS) is 14.0. The third kappa shape index (κ3) is 5.03. The number of pyridine rings is 1. The topological polar surface area (TPSA) is 73.2 Å². The second kappa shape index (κ2) is 9.59. The van der Waals surface area contributed by atoms with Crippen LogP contribution in [0.25, 0.3) is 5.57 Å². The highest BCUT2D eigenvalue weighted by Gasteiger charge is 2.21. The third-order valence-electron chi connectivity index (χ3n) is 4.20. The van der Waals surface area contributed by atoms with E-state index in [0.29, 0.717) is 24.5 Å². The predicted molar refractivity (Wildman–Crippen MR) is 109 cm³/mol. The Morgan fingerprint density at radius 2 is 1.89 bits per heavy atom. The van der Waals surface area contributed by atoms with Gasteiger partial charge >= 0.3 is 6.09 Å². The van der Waals surface area contributed by atoms with E-state index in [1.807, 2.05) is 37.3 Å². The summed E-state index contributed by atoms with van der Waals surface area (Å²) in [4.78, 5) is 18.8. The maximum Gasteiger partial charge on any atom is 0.415 e. The lowest BCUT2D eigenvalue weighted by molar-refractivity contribution is 0.157. The van der Waals surface area contributed by atoms with E-state index in [0.717, 1.165) is 23.4 Å². The minimum absolute atomic E-state index is 0.357. The highest BCUT2D eigenvalue weighted by atomic mass is 32.2. The molecular weight excluding hydrogens is 378 g/mol. The van der Waals surface area contributed by atoms with Crippen molar-refractivity contribution in [3.05, 3.63) is 59.9 Å². The Balaban J connectivity index is 1.72. The number of benzene rings is 1. The Labute approximate surface area is 167 Å². The molecule has 1 aromatic carbocycles. The second-order valence-electron chi connectivity index (χ2n) is 6.06. The van der Waals surface area contributed by atoms with E-state index < -0.39 is 11.3 Å². The molecule has 0 radical (unpaired) electrons. The number of rotatable bonds is 5. The lowest BCUT2D eigenvalue weighted by Gasteiger charge is -2.26. The van der Waals surface area contributed by atoms with Crippen LogP contribution in [0, 0.1) is 6.92 Å². The average molecular weight is 401 g/mol. The molecule has 148 valence electrons. The smallest absolute Gasteiger partial charge is 0.410 e. The maximum absolute atomic E-state index is 12.5. The van der Waals surface area contributed by atoms with Gasteiger partial charge in [-0.3, -0.25) is 13.4 Å². The van der Waals surface area contributed by atoms with Crippen molar-refractivity contribution in [2.75, 3.05) is 27.3 Å². The van der Waals surface area contributed by atoms with Crippen LogP contribution in [0.3, 0.4) is 0 Å². The Bertz CT molecular complexity index is 894. The molecule has 0 N–H and O–H groups in total. The van der Waals surface area contributed by atoms with Crippen molar-refractivity contribution in [1.29, 1.82) is 0 Å². The van der Waals surface area contributed by atoms with Crippen molar-refractivity contribution in [1.82, 2.24) is 9.88 Å². The number of nitrogens with zero attached hydrogens (tertiary/aromatic N) is 3. The minimum Gasteiger partial charge on any atom is -0.410 e. The molecule has 0 unspecified atom stereocenters. The van der Waals surface area contributed by atoms with Crippen molar-refractivity contribution < 1.29 is 17.9 Å². The second-order valence-corrected chi connectivity index (χ2v) is 7.35. The van der Waals surface area contributed by atoms with Gasteiger partial charge in [-0.1, -0.05) is 24.3 Å². The molecule has 7 nitrogen and oxygen atoms in total. The molecular formula is C20H23N3O4S. The first-order valence-electron chi connectivity index (χ1n) is 8.84.